The smallest absolute Gasteiger partial charge is 0.137 e. The van der Waals surface area contributed by atoms with Crippen LogP contribution in [0.3, 0.4) is 0 Å². The Morgan fingerprint density at radius 1 is 0.970 bits per heavy atom. The maximum absolute atomic E-state index is 6.26. The van der Waals surface area contributed by atoms with Gasteiger partial charge in [0, 0.05) is 19.5 Å². The molecule has 0 aliphatic carbocycles. The molecule has 0 saturated carbocycles. The first-order chi connectivity index (χ1) is 16.1. The van der Waals surface area contributed by atoms with E-state index in [1.807, 2.05) is 19.4 Å². The Balaban J connectivity index is 1.56. The third-order valence-corrected chi connectivity index (χ3v) is 7.93. The highest BCUT2D eigenvalue weighted by atomic mass is 16.5. The number of fused-ring (bicyclic) bond motifs is 1. The second-order valence-corrected chi connectivity index (χ2v) is 9.94. The molecule has 0 unspecified atom stereocenters. The van der Waals surface area contributed by atoms with Gasteiger partial charge in [0.15, 0.2) is 0 Å². The molecule has 3 atom stereocenters. The fourth-order valence-corrected chi connectivity index (χ4v) is 6.05. The Labute approximate surface area is 197 Å². The van der Waals surface area contributed by atoms with Crippen molar-refractivity contribution in [2.75, 3.05) is 34.3 Å². The first-order valence-electron chi connectivity index (χ1n) is 12.4. The van der Waals surface area contributed by atoms with Crippen molar-refractivity contribution in [2.45, 2.75) is 57.2 Å². The van der Waals surface area contributed by atoms with Crippen molar-refractivity contribution in [1.29, 1.82) is 0 Å². The zero-order valence-electron chi connectivity index (χ0n) is 20.4. The SMILES string of the molecule is CO[C@@H](c1c([C@H]2CCC[C@@H](c3ncccc3C)N2C)nc2ccccn12)C1CCN(C)CC1. The molecule has 0 radical (unpaired) electrons. The molecule has 3 aromatic heterocycles. The van der Waals surface area contributed by atoms with Crippen molar-refractivity contribution in [3.05, 3.63) is 65.4 Å². The number of ether oxygens (including phenoxy) is 1. The summed E-state index contributed by atoms with van der Waals surface area (Å²) in [5, 5.41) is 0. The van der Waals surface area contributed by atoms with Gasteiger partial charge in [-0.15, -0.1) is 0 Å². The molecule has 5 heterocycles. The van der Waals surface area contributed by atoms with Gasteiger partial charge in [-0.1, -0.05) is 12.1 Å². The molecule has 0 aromatic carbocycles. The zero-order chi connectivity index (χ0) is 22.9. The summed E-state index contributed by atoms with van der Waals surface area (Å²) in [6, 6.07) is 11.1. The summed E-state index contributed by atoms with van der Waals surface area (Å²) in [6.45, 7) is 4.43. The van der Waals surface area contributed by atoms with Gasteiger partial charge in [-0.05, 0) is 95.9 Å². The number of piperidine rings is 2. The molecular weight excluding hydrogens is 410 g/mol. The molecular formula is C27H37N5O. The van der Waals surface area contributed by atoms with Crippen LogP contribution in [-0.2, 0) is 4.74 Å². The number of likely N-dealkylation sites (tertiary alicyclic amines) is 2. The van der Waals surface area contributed by atoms with Crippen LogP contribution in [0.25, 0.3) is 5.65 Å². The van der Waals surface area contributed by atoms with E-state index in [9.17, 15) is 0 Å². The minimum absolute atomic E-state index is 0.0523. The number of hydrogen-bond donors (Lipinski definition) is 0. The molecule has 2 saturated heterocycles. The number of rotatable bonds is 5. The predicted octanol–water partition coefficient (Wildman–Crippen LogP) is 4.97. The van der Waals surface area contributed by atoms with Gasteiger partial charge < -0.3 is 14.0 Å². The molecule has 0 amide bonds. The largest absolute Gasteiger partial charge is 0.375 e. The summed E-state index contributed by atoms with van der Waals surface area (Å²) >= 11 is 0. The quantitative estimate of drug-likeness (QED) is 0.553. The maximum Gasteiger partial charge on any atom is 0.137 e. The van der Waals surface area contributed by atoms with Gasteiger partial charge in [0.05, 0.1) is 29.2 Å². The van der Waals surface area contributed by atoms with Gasteiger partial charge in [0.25, 0.3) is 0 Å². The Morgan fingerprint density at radius 3 is 2.45 bits per heavy atom. The van der Waals surface area contributed by atoms with E-state index in [0.717, 1.165) is 44.4 Å². The van der Waals surface area contributed by atoms with E-state index in [-0.39, 0.29) is 12.1 Å². The van der Waals surface area contributed by atoms with Crippen LogP contribution in [-0.4, -0.2) is 58.5 Å². The van der Waals surface area contributed by atoms with Gasteiger partial charge in [-0.3, -0.25) is 9.88 Å². The molecule has 6 heteroatoms. The normalized spacial score (nSPS) is 24.4. The average Bonchev–Trinajstić information content (AvgIpc) is 3.21. The van der Waals surface area contributed by atoms with Crippen LogP contribution in [0, 0.1) is 12.8 Å². The fourth-order valence-electron chi connectivity index (χ4n) is 6.05. The van der Waals surface area contributed by atoms with Crippen molar-refractivity contribution < 1.29 is 4.74 Å². The Hall–Kier alpha value is -2.28. The minimum Gasteiger partial charge on any atom is -0.375 e. The molecule has 2 fully saturated rings. The number of aryl methyl sites for hydroxylation is 1. The summed E-state index contributed by atoms with van der Waals surface area (Å²) in [4.78, 5) is 15.0. The van der Waals surface area contributed by atoms with Crippen molar-refractivity contribution in [3.63, 3.8) is 0 Å². The number of methoxy groups -OCH3 is 1. The summed E-state index contributed by atoms with van der Waals surface area (Å²) < 4.78 is 8.55. The molecule has 2 aliphatic rings. The fraction of sp³-hybridized carbons (Fsp3) is 0.556. The first kappa shape index (κ1) is 22.5. The lowest BCUT2D eigenvalue weighted by molar-refractivity contribution is 0.0178. The summed E-state index contributed by atoms with van der Waals surface area (Å²) in [5.74, 6) is 0.507. The monoisotopic (exact) mass is 447 g/mol. The highest BCUT2D eigenvalue weighted by molar-refractivity contribution is 5.45. The number of pyridine rings is 2. The number of hydrogen-bond acceptors (Lipinski definition) is 5. The summed E-state index contributed by atoms with van der Waals surface area (Å²) in [5.41, 5.74) is 5.92. The Bertz CT molecular complexity index is 1090. The molecule has 176 valence electrons. The first-order valence-corrected chi connectivity index (χ1v) is 12.4. The number of nitrogens with zero attached hydrogens (tertiary/aromatic N) is 5. The summed E-state index contributed by atoms with van der Waals surface area (Å²) in [6.07, 6.45) is 9.87. The lowest BCUT2D eigenvalue weighted by Gasteiger charge is -2.40. The van der Waals surface area contributed by atoms with E-state index in [2.05, 4.69) is 65.7 Å². The van der Waals surface area contributed by atoms with Gasteiger partial charge in [-0.2, -0.15) is 0 Å². The lowest BCUT2D eigenvalue weighted by atomic mass is 9.85. The average molecular weight is 448 g/mol. The maximum atomic E-state index is 6.26. The predicted molar refractivity (Wildman–Crippen MR) is 131 cm³/mol. The Kier molecular flexibility index (Phi) is 6.50. The van der Waals surface area contributed by atoms with E-state index in [0.29, 0.717) is 12.0 Å². The van der Waals surface area contributed by atoms with Crippen LogP contribution < -0.4 is 0 Å². The molecule has 0 spiro atoms. The zero-order valence-corrected chi connectivity index (χ0v) is 20.4. The van der Waals surface area contributed by atoms with E-state index < -0.39 is 0 Å². The van der Waals surface area contributed by atoms with Crippen molar-refractivity contribution in [1.82, 2.24) is 24.2 Å². The van der Waals surface area contributed by atoms with Gasteiger partial charge >= 0.3 is 0 Å². The second-order valence-electron chi connectivity index (χ2n) is 9.94. The lowest BCUT2D eigenvalue weighted by Crippen LogP contribution is -2.36. The van der Waals surface area contributed by atoms with E-state index in [4.69, 9.17) is 14.7 Å². The molecule has 0 bridgehead atoms. The minimum atomic E-state index is 0.0523. The number of aromatic nitrogens is 3. The third-order valence-electron chi connectivity index (χ3n) is 7.93. The van der Waals surface area contributed by atoms with Crippen molar-refractivity contribution in [2.24, 2.45) is 5.92 Å². The van der Waals surface area contributed by atoms with Crippen molar-refractivity contribution in [3.8, 4) is 0 Å². The third kappa shape index (κ3) is 4.20. The molecule has 6 nitrogen and oxygen atoms in total. The number of imidazole rings is 1. The molecule has 5 rings (SSSR count). The van der Waals surface area contributed by atoms with E-state index in [1.165, 1.54) is 29.1 Å². The van der Waals surface area contributed by atoms with Crippen LogP contribution in [0.2, 0.25) is 0 Å². The van der Waals surface area contributed by atoms with Gasteiger partial charge in [0.2, 0.25) is 0 Å². The second kappa shape index (κ2) is 9.53. The highest BCUT2D eigenvalue weighted by Crippen LogP contribution is 2.44. The van der Waals surface area contributed by atoms with Gasteiger partial charge in [-0.25, -0.2) is 4.98 Å². The molecule has 3 aromatic rings. The van der Waals surface area contributed by atoms with Crippen LogP contribution in [0.1, 0.15) is 72.9 Å². The molecule has 0 N–H and O–H groups in total. The topological polar surface area (TPSA) is 45.9 Å². The molecule has 33 heavy (non-hydrogen) atoms. The van der Waals surface area contributed by atoms with E-state index in [1.54, 1.807) is 0 Å². The van der Waals surface area contributed by atoms with Crippen LogP contribution in [0.15, 0.2) is 42.7 Å². The highest BCUT2D eigenvalue weighted by Gasteiger charge is 2.38. The van der Waals surface area contributed by atoms with Gasteiger partial charge in [0.1, 0.15) is 11.8 Å². The van der Waals surface area contributed by atoms with Crippen molar-refractivity contribution >= 4 is 5.65 Å². The summed E-state index contributed by atoms with van der Waals surface area (Å²) in [7, 11) is 6.35. The molecule has 2 aliphatic heterocycles. The van der Waals surface area contributed by atoms with E-state index >= 15 is 0 Å². The standard InChI is InChI=1S/C27H37N5O/c1-19-9-8-15-28-24(19)21-10-7-11-22(31(21)3)25-26(32-16-6-5-12-23(32)29-25)27(33-4)20-13-17-30(2)18-14-20/h5-6,8-9,12,15-16,20-22,27H,7,10-11,13-14,17-18H2,1-4H3/t21-,22+,27+/m0/s1. The Morgan fingerprint density at radius 2 is 1.73 bits per heavy atom. The van der Waals surface area contributed by atoms with Crippen LogP contribution in [0.4, 0.5) is 0 Å². The van der Waals surface area contributed by atoms with Crippen LogP contribution >= 0.6 is 0 Å². The van der Waals surface area contributed by atoms with Crippen LogP contribution in [0.5, 0.6) is 0 Å².